The lowest BCUT2D eigenvalue weighted by molar-refractivity contribution is 0.0957. The standard InChI is InChI=1S/C11H16N2OS/c1-8-4-3-5-9(10(8)12)11(14)13-6-7-15-2/h3-5H,6-7,12H2,1-2H3,(H,13,14). The zero-order valence-corrected chi connectivity index (χ0v) is 9.86. The molecule has 0 atom stereocenters. The van der Waals surface area contributed by atoms with Crippen LogP contribution in [-0.4, -0.2) is 24.5 Å². The maximum absolute atomic E-state index is 11.7. The fraction of sp³-hybridized carbons (Fsp3) is 0.364. The van der Waals surface area contributed by atoms with E-state index < -0.39 is 0 Å². The van der Waals surface area contributed by atoms with Crippen molar-refractivity contribution in [1.82, 2.24) is 5.32 Å². The highest BCUT2D eigenvalue weighted by Crippen LogP contribution is 2.15. The van der Waals surface area contributed by atoms with Crippen molar-refractivity contribution in [1.29, 1.82) is 0 Å². The third-order valence-electron chi connectivity index (χ3n) is 2.16. The average molecular weight is 224 g/mol. The molecule has 0 bridgehead atoms. The van der Waals surface area contributed by atoms with Crippen LogP contribution in [0.15, 0.2) is 18.2 Å². The molecule has 3 nitrogen and oxygen atoms in total. The van der Waals surface area contributed by atoms with Gasteiger partial charge in [-0.2, -0.15) is 11.8 Å². The fourth-order valence-electron chi connectivity index (χ4n) is 1.24. The Bertz CT molecular complexity index is 352. The maximum atomic E-state index is 11.7. The lowest BCUT2D eigenvalue weighted by atomic mass is 10.1. The SMILES string of the molecule is CSCCNC(=O)c1cccc(C)c1N. The molecule has 0 aliphatic carbocycles. The maximum Gasteiger partial charge on any atom is 0.253 e. The van der Waals surface area contributed by atoms with Crippen molar-refractivity contribution in [2.75, 3.05) is 24.3 Å². The summed E-state index contributed by atoms with van der Waals surface area (Å²) in [6.07, 6.45) is 2.01. The first-order valence-electron chi connectivity index (χ1n) is 4.79. The number of thioether (sulfide) groups is 1. The molecule has 0 spiro atoms. The number of carbonyl (C=O) groups is 1. The number of benzene rings is 1. The first-order chi connectivity index (χ1) is 7.16. The molecule has 1 aromatic rings. The van der Waals surface area contributed by atoms with Gasteiger partial charge in [-0.3, -0.25) is 4.79 Å². The summed E-state index contributed by atoms with van der Waals surface area (Å²) in [6.45, 7) is 2.57. The van der Waals surface area contributed by atoms with E-state index >= 15 is 0 Å². The number of nitrogens with two attached hydrogens (primary N) is 1. The zero-order valence-electron chi connectivity index (χ0n) is 9.04. The highest BCUT2D eigenvalue weighted by molar-refractivity contribution is 7.98. The summed E-state index contributed by atoms with van der Waals surface area (Å²) < 4.78 is 0. The smallest absolute Gasteiger partial charge is 0.253 e. The van der Waals surface area contributed by atoms with Crippen molar-refractivity contribution < 1.29 is 4.79 Å². The number of para-hydroxylation sites is 1. The Morgan fingerprint density at radius 2 is 2.27 bits per heavy atom. The molecule has 4 heteroatoms. The van der Waals surface area contributed by atoms with Gasteiger partial charge in [0.2, 0.25) is 0 Å². The van der Waals surface area contributed by atoms with E-state index in [0.29, 0.717) is 17.8 Å². The number of anilines is 1. The van der Waals surface area contributed by atoms with Gasteiger partial charge in [-0.25, -0.2) is 0 Å². The minimum atomic E-state index is -0.0924. The molecule has 0 saturated carbocycles. The molecule has 1 aromatic carbocycles. The van der Waals surface area contributed by atoms with Gasteiger partial charge in [0.15, 0.2) is 0 Å². The van der Waals surface area contributed by atoms with Crippen molar-refractivity contribution in [3.05, 3.63) is 29.3 Å². The number of amides is 1. The predicted molar refractivity (Wildman–Crippen MR) is 66.3 cm³/mol. The molecule has 0 unspecified atom stereocenters. The second kappa shape index (κ2) is 5.66. The van der Waals surface area contributed by atoms with Crippen molar-refractivity contribution in [3.63, 3.8) is 0 Å². The summed E-state index contributed by atoms with van der Waals surface area (Å²) in [6, 6.07) is 5.49. The van der Waals surface area contributed by atoms with Crippen LogP contribution < -0.4 is 11.1 Å². The fourth-order valence-corrected chi connectivity index (χ4v) is 1.55. The van der Waals surface area contributed by atoms with Gasteiger partial charge in [0.1, 0.15) is 0 Å². The second-order valence-corrected chi connectivity index (χ2v) is 4.27. The summed E-state index contributed by atoms with van der Waals surface area (Å²) in [7, 11) is 0. The largest absolute Gasteiger partial charge is 0.398 e. The second-order valence-electron chi connectivity index (χ2n) is 3.28. The highest BCUT2D eigenvalue weighted by Gasteiger charge is 2.09. The molecule has 0 heterocycles. The molecule has 0 saturated heterocycles. The summed E-state index contributed by atoms with van der Waals surface area (Å²) >= 11 is 1.70. The van der Waals surface area contributed by atoms with Crippen molar-refractivity contribution in [2.24, 2.45) is 0 Å². The number of hydrogen-bond acceptors (Lipinski definition) is 3. The van der Waals surface area contributed by atoms with Crippen LogP contribution in [-0.2, 0) is 0 Å². The Morgan fingerprint density at radius 3 is 2.93 bits per heavy atom. The Kier molecular flexibility index (Phi) is 4.49. The molecule has 0 aromatic heterocycles. The number of rotatable bonds is 4. The molecule has 0 aliphatic heterocycles. The summed E-state index contributed by atoms with van der Waals surface area (Å²) in [5.41, 5.74) is 7.89. The normalized spacial score (nSPS) is 10.0. The predicted octanol–water partition coefficient (Wildman–Crippen LogP) is 1.67. The van der Waals surface area contributed by atoms with E-state index in [0.717, 1.165) is 11.3 Å². The van der Waals surface area contributed by atoms with Crippen LogP contribution in [0.5, 0.6) is 0 Å². The molecule has 3 N–H and O–H groups in total. The molecule has 0 aliphatic rings. The summed E-state index contributed by atoms with van der Waals surface area (Å²) in [5, 5.41) is 2.83. The molecule has 1 amide bonds. The molecule has 15 heavy (non-hydrogen) atoms. The van der Waals surface area contributed by atoms with E-state index in [1.165, 1.54) is 0 Å². The lowest BCUT2D eigenvalue weighted by Crippen LogP contribution is -2.26. The van der Waals surface area contributed by atoms with Crippen LogP contribution in [0.25, 0.3) is 0 Å². The number of nitrogens with one attached hydrogen (secondary N) is 1. The van der Waals surface area contributed by atoms with Gasteiger partial charge in [-0.05, 0) is 24.8 Å². The van der Waals surface area contributed by atoms with Crippen LogP contribution in [0.2, 0.25) is 0 Å². The van der Waals surface area contributed by atoms with Gasteiger partial charge in [-0.15, -0.1) is 0 Å². The minimum absolute atomic E-state index is 0.0924. The summed E-state index contributed by atoms with van der Waals surface area (Å²) in [4.78, 5) is 11.7. The van der Waals surface area contributed by atoms with Gasteiger partial charge in [0, 0.05) is 18.0 Å². The molecule has 1 rings (SSSR count). The Morgan fingerprint density at radius 1 is 1.53 bits per heavy atom. The van der Waals surface area contributed by atoms with E-state index in [1.807, 2.05) is 25.3 Å². The van der Waals surface area contributed by atoms with Crippen LogP contribution in [0.1, 0.15) is 15.9 Å². The van der Waals surface area contributed by atoms with Crippen LogP contribution >= 0.6 is 11.8 Å². The molecular formula is C11H16N2OS. The number of nitrogen functional groups attached to an aromatic ring is 1. The summed E-state index contributed by atoms with van der Waals surface area (Å²) in [5.74, 6) is 0.822. The van der Waals surface area contributed by atoms with Crippen molar-refractivity contribution in [3.8, 4) is 0 Å². The number of aryl methyl sites for hydroxylation is 1. The van der Waals surface area contributed by atoms with Crippen LogP contribution in [0, 0.1) is 6.92 Å². The first kappa shape index (κ1) is 11.9. The van der Waals surface area contributed by atoms with Gasteiger partial charge in [-0.1, -0.05) is 12.1 Å². The van der Waals surface area contributed by atoms with Crippen molar-refractivity contribution in [2.45, 2.75) is 6.92 Å². The van der Waals surface area contributed by atoms with Crippen LogP contribution in [0.4, 0.5) is 5.69 Å². The lowest BCUT2D eigenvalue weighted by Gasteiger charge is -2.08. The van der Waals surface area contributed by atoms with E-state index in [-0.39, 0.29) is 5.91 Å². The van der Waals surface area contributed by atoms with Crippen LogP contribution in [0.3, 0.4) is 0 Å². The molecule has 0 fully saturated rings. The Balaban J connectivity index is 2.69. The minimum Gasteiger partial charge on any atom is -0.398 e. The van der Waals surface area contributed by atoms with Gasteiger partial charge in [0.25, 0.3) is 5.91 Å². The van der Waals surface area contributed by atoms with E-state index in [4.69, 9.17) is 5.73 Å². The quantitative estimate of drug-likeness (QED) is 0.604. The van der Waals surface area contributed by atoms with Gasteiger partial charge < -0.3 is 11.1 Å². The number of carbonyl (C=O) groups excluding carboxylic acids is 1. The van der Waals surface area contributed by atoms with E-state index in [9.17, 15) is 4.79 Å². The monoisotopic (exact) mass is 224 g/mol. The number of hydrogen-bond donors (Lipinski definition) is 2. The molecule has 0 radical (unpaired) electrons. The zero-order chi connectivity index (χ0) is 11.3. The molecular weight excluding hydrogens is 208 g/mol. The first-order valence-corrected chi connectivity index (χ1v) is 6.18. The van der Waals surface area contributed by atoms with E-state index in [1.54, 1.807) is 17.8 Å². The topological polar surface area (TPSA) is 55.1 Å². The van der Waals surface area contributed by atoms with Gasteiger partial charge in [0.05, 0.1) is 5.56 Å². The Labute approximate surface area is 94.4 Å². The van der Waals surface area contributed by atoms with Gasteiger partial charge >= 0.3 is 0 Å². The average Bonchev–Trinajstić information content (AvgIpc) is 2.22. The highest BCUT2D eigenvalue weighted by atomic mass is 32.2. The molecule has 82 valence electrons. The van der Waals surface area contributed by atoms with E-state index in [2.05, 4.69) is 5.32 Å². The Hall–Kier alpha value is -1.16. The van der Waals surface area contributed by atoms with Crippen molar-refractivity contribution >= 4 is 23.4 Å². The third kappa shape index (κ3) is 3.16. The third-order valence-corrected chi connectivity index (χ3v) is 2.77.